The molecule has 0 spiro atoms. The molecule has 4 aromatic rings. The van der Waals surface area contributed by atoms with Crippen LogP contribution in [0.15, 0.2) is 102 Å². The fourth-order valence-corrected chi connectivity index (χ4v) is 5.93. The van der Waals surface area contributed by atoms with Crippen LogP contribution in [0.1, 0.15) is 37.1 Å². The number of carbonyl (C=O) groups is 1. The van der Waals surface area contributed by atoms with Gasteiger partial charge in [0.1, 0.15) is 12.4 Å². The molecule has 4 rings (SSSR count). The molecular weight excluding hydrogens is 536 g/mol. The molecule has 3 N–H and O–H groups in total. The number of allylic oxidation sites excluding steroid dienone is 1. The number of esters is 1. The number of hydrogen-bond acceptors (Lipinski definition) is 8. The van der Waals surface area contributed by atoms with Gasteiger partial charge in [-0.1, -0.05) is 73.7 Å². The van der Waals surface area contributed by atoms with Gasteiger partial charge in [0.15, 0.2) is 9.90 Å². The van der Waals surface area contributed by atoms with E-state index in [9.17, 15) is 13.2 Å². The van der Waals surface area contributed by atoms with E-state index in [1.54, 1.807) is 37.3 Å². The highest BCUT2D eigenvalue weighted by Gasteiger charge is 2.45. The smallest absolute Gasteiger partial charge is 0.325 e. The highest BCUT2D eigenvalue weighted by molar-refractivity contribution is 7.92. The average Bonchev–Trinajstić information content (AvgIpc) is 3.00. The van der Waals surface area contributed by atoms with Crippen LogP contribution >= 0.6 is 0 Å². The molecule has 0 aliphatic carbocycles. The molecule has 1 atom stereocenters. The number of hydrogen-bond donors (Lipinski definition) is 2. The Balaban J connectivity index is 1.69. The maximum absolute atomic E-state index is 14.0. The minimum atomic E-state index is -4.21. The summed E-state index contributed by atoms with van der Waals surface area (Å²) in [6, 6.07) is 25.4. The molecule has 8 nitrogen and oxygen atoms in total. The van der Waals surface area contributed by atoms with Gasteiger partial charge in [0.2, 0.25) is 9.84 Å². The van der Waals surface area contributed by atoms with Gasteiger partial charge in [-0.3, -0.25) is 4.79 Å². The van der Waals surface area contributed by atoms with Crippen molar-refractivity contribution in [3.8, 4) is 11.1 Å². The average molecular weight is 571 g/mol. The molecule has 0 fully saturated rings. The van der Waals surface area contributed by atoms with E-state index in [-0.39, 0.29) is 30.3 Å². The van der Waals surface area contributed by atoms with Gasteiger partial charge in [-0.2, -0.15) is 0 Å². The number of nitrogens with zero attached hydrogens (tertiary/aromatic N) is 2. The van der Waals surface area contributed by atoms with E-state index in [2.05, 4.69) is 46.5 Å². The minimum Gasteiger partial charge on any atom is -0.465 e. The lowest BCUT2D eigenvalue weighted by molar-refractivity contribution is -0.140. The van der Waals surface area contributed by atoms with Crippen molar-refractivity contribution in [1.29, 1.82) is 0 Å². The summed E-state index contributed by atoms with van der Waals surface area (Å²) < 4.78 is 33.0. The topological polar surface area (TPSA) is 124 Å². The number of pyridine rings is 2. The zero-order chi connectivity index (χ0) is 29.3. The van der Waals surface area contributed by atoms with Crippen LogP contribution < -0.4 is 11.1 Å². The number of sulfone groups is 1. The summed E-state index contributed by atoms with van der Waals surface area (Å²) in [7, 11) is -4.21. The van der Waals surface area contributed by atoms with Crippen molar-refractivity contribution in [2.24, 2.45) is 5.73 Å². The Bertz CT molecular complexity index is 1610. The Hall–Kier alpha value is -4.34. The third-order valence-electron chi connectivity index (χ3n) is 6.48. The molecule has 9 heteroatoms. The Morgan fingerprint density at radius 2 is 1.76 bits per heavy atom. The fraction of sp³-hybridized carbons (Fsp3) is 0.219. The Labute approximate surface area is 241 Å². The standard InChI is InChI=1S/C32H34N4O4S/c1-3-5-10-24-11-8-12-27(21-24)26-18-16-25(17-19-26)22-32(33,41(38,39)30-15-6-7-20-34-30)28-13-9-14-29(36-28)35-23-31(37)40-4-2/h5-21H,3-4,22-23,33H2,1-2H3,(H,35,36). The summed E-state index contributed by atoms with van der Waals surface area (Å²) >= 11 is 0. The highest BCUT2D eigenvalue weighted by atomic mass is 32.2. The van der Waals surface area contributed by atoms with Crippen molar-refractivity contribution < 1.29 is 17.9 Å². The molecule has 1 unspecified atom stereocenters. The molecule has 0 aliphatic heterocycles. The molecule has 0 aliphatic rings. The zero-order valence-electron chi connectivity index (χ0n) is 23.2. The molecule has 2 heterocycles. The molecule has 41 heavy (non-hydrogen) atoms. The second kappa shape index (κ2) is 13.3. The van der Waals surface area contributed by atoms with E-state index in [0.717, 1.165) is 23.1 Å². The number of nitrogens with one attached hydrogen (secondary N) is 1. The first-order chi connectivity index (χ1) is 19.8. The van der Waals surface area contributed by atoms with Gasteiger partial charge in [-0.05, 0) is 65.9 Å². The lowest BCUT2D eigenvalue weighted by atomic mass is 9.98. The molecule has 0 saturated heterocycles. The van der Waals surface area contributed by atoms with Gasteiger partial charge in [-0.15, -0.1) is 0 Å². The van der Waals surface area contributed by atoms with Gasteiger partial charge < -0.3 is 15.8 Å². The van der Waals surface area contributed by atoms with E-state index >= 15 is 0 Å². The molecule has 0 amide bonds. The van der Waals surface area contributed by atoms with E-state index in [4.69, 9.17) is 10.5 Å². The predicted octanol–water partition coefficient (Wildman–Crippen LogP) is 5.37. The van der Waals surface area contributed by atoms with Crippen molar-refractivity contribution in [2.45, 2.75) is 36.6 Å². The van der Waals surface area contributed by atoms with Crippen molar-refractivity contribution in [3.05, 3.63) is 114 Å². The quantitative estimate of drug-likeness (QED) is 0.218. The van der Waals surface area contributed by atoms with Crippen molar-refractivity contribution in [1.82, 2.24) is 9.97 Å². The maximum Gasteiger partial charge on any atom is 0.325 e. The van der Waals surface area contributed by atoms with Gasteiger partial charge >= 0.3 is 5.97 Å². The summed E-state index contributed by atoms with van der Waals surface area (Å²) in [6.07, 6.45) is 6.52. The SMILES string of the molecule is CCC=Cc1cccc(-c2ccc(CC(N)(c3cccc(NCC(=O)OCC)n3)S(=O)(=O)c3ccccn3)cc2)c1. The van der Waals surface area contributed by atoms with Crippen molar-refractivity contribution in [3.63, 3.8) is 0 Å². The third kappa shape index (κ3) is 7.06. The van der Waals surface area contributed by atoms with Crippen LogP contribution in [0.3, 0.4) is 0 Å². The summed E-state index contributed by atoms with van der Waals surface area (Å²) in [6.45, 7) is 3.95. The van der Waals surface area contributed by atoms with E-state index in [1.807, 2.05) is 36.4 Å². The number of nitrogens with two attached hydrogens (primary N) is 1. The van der Waals surface area contributed by atoms with Crippen LogP contribution in [0.2, 0.25) is 0 Å². The molecule has 212 valence electrons. The lowest BCUT2D eigenvalue weighted by Gasteiger charge is -2.29. The van der Waals surface area contributed by atoms with Crippen LogP contribution in [-0.4, -0.2) is 37.5 Å². The summed E-state index contributed by atoms with van der Waals surface area (Å²) in [4.78, 5) is 18.5. The highest BCUT2D eigenvalue weighted by Crippen LogP contribution is 2.34. The van der Waals surface area contributed by atoms with Crippen LogP contribution in [0, 0.1) is 0 Å². The van der Waals surface area contributed by atoms with Gasteiger partial charge in [-0.25, -0.2) is 18.4 Å². The number of rotatable bonds is 12. The van der Waals surface area contributed by atoms with Gasteiger partial charge in [0, 0.05) is 12.6 Å². The second-order valence-corrected chi connectivity index (χ2v) is 11.6. The minimum absolute atomic E-state index is 0.0558. The van der Waals surface area contributed by atoms with Crippen LogP contribution in [-0.2, 0) is 30.7 Å². The number of carbonyl (C=O) groups excluding carboxylic acids is 1. The molecular formula is C32H34N4O4S. The Morgan fingerprint density at radius 1 is 0.976 bits per heavy atom. The van der Waals surface area contributed by atoms with Gasteiger partial charge in [0.05, 0.1) is 12.3 Å². The molecule has 0 radical (unpaired) electrons. The summed E-state index contributed by atoms with van der Waals surface area (Å²) in [5.41, 5.74) is 10.8. The first-order valence-electron chi connectivity index (χ1n) is 13.4. The van der Waals surface area contributed by atoms with E-state index < -0.39 is 20.7 Å². The van der Waals surface area contributed by atoms with E-state index in [1.165, 1.54) is 12.3 Å². The van der Waals surface area contributed by atoms with E-state index in [0.29, 0.717) is 11.4 Å². The van der Waals surface area contributed by atoms with Crippen LogP contribution in [0.4, 0.5) is 5.82 Å². The third-order valence-corrected chi connectivity index (χ3v) is 8.59. The fourth-order valence-electron chi connectivity index (χ4n) is 4.35. The largest absolute Gasteiger partial charge is 0.465 e. The number of ether oxygens (including phenoxy) is 1. The predicted molar refractivity (Wildman–Crippen MR) is 162 cm³/mol. The van der Waals surface area contributed by atoms with Crippen molar-refractivity contribution >= 4 is 27.7 Å². The zero-order valence-corrected chi connectivity index (χ0v) is 24.0. The molecule has 2 aromatic carbocycles. The summed E-state index contributed by atoms with van der Waals surface area (Å²) in [5.74, 6) is -0.152. The normalized spacial score (nSPS) is 13.0. The maximum atomic E-state index is 14.0. The van der Waals surface area contributed by atoms with Crippen molar-refractivity contribution in [2.75, 3.05) is 18.5 Å². The Kier molecular flexibility index (Phi) is 9.65. The molecule has 2 aromatic heterocycles. The molecule has 0 saturated carbocycles. The monoisotopic (exact) mass is 570 g/mol. The van der Waals surface area contributed by atoms with Gasteiger partial charge in [0.25, 0.3) is 0 Å². The Morgan fingerprint density at radius 3 is 2.46 bits per heavy atom. The van der Waals surface area contributed by atoms with Crippen LogP contribution in [0.5, 0.6) is 0 Å². The number of anilines is 1. The molecule has 0 bridgehead atoms. The summed E-state index contributed by atoms with van der Waals surface area (Å²) in [5, 5.41) is 2.73. The second-order valence-electron chi connectivity index (χ2n) is 9.44. The number of benzene rings is 2. The lowest BCUT2D eigenvalue weighted by Crippen LogP contribution is -2.47. The first kappa shape index (κ1) is 29.6. The van der Waals surface area contributed by atoms with Crippen LogP contribution in [0.25, 0.3) is 17.2 Å². The first-order valence-corrected chi connectivity index (χ1v) is 14.9. The number of aromatic nitrogens is 2.